The number of carbonyl (C=O) groups is 1. The van der Waals surface area contributed by atoms with Crippen LogP contribution < -0.4 is 10.5 Å². The van der Waals surface area contributed by atoms with Crippen LogP contribution in [0, 0.1) is 0 Å². The highest BCUT2D eigenvalue weighted by molar-refractivity contribution is 5.80. The van der Waals surface area contributed by atoms with E-state index in [1.807, 2.05) is 19.1 Å². The van der Waals surface area contributed by atoms with Gasteiger partial charge in [0, 0.05) is 25.1 Å². The van der Waals surface area contributed by atoms with Gasteiger partial charge in [-0.3, -0.25) is 4.79 Å². The molecule has 1 aliphatic heterocycles. The predicted molar refractivity (Wildman–Crippen MR) is 63.5 cm³/mol. The average molecular weight is 235 g/mol. The first-order valence-corrected chi connectivity index (χ1v) is 5.73. The molecule has 5 nitrogen and oxygen atoms in total. The fourth-order valence-corrected chi connectivity index (χ4v) is 2.28. The monoisotopic (exact) mass is 235 g/mol. The first kappa shape index (κ1) is 11.9. The number of methoxy groups -OCH3 is 1. The molecule has 0 spiro atoms. The van der Waals surface area contributed by atoms with E-state index in [9.17, 15) is 4.79 Å². The van der Waals surface area contributed by atoms with Crippen molar-refractivity contribution in [1.82, 2.24) is 9.88 Å². The molecular weight excluding hydrogens is 218 g/mol. The van der Waals surface area contributed by atoms with Crippen molar-refractivity contribution < 1.29 is 9.53 Å². The van der Waals surface area contributed by atoms with Crippen molar-refractivity contribution in [2.45, 2.75) is 25.4 Å². The van der Waals surface area contributed by atoms with E-state index in [1.54, 1.807) is 18.1 Å². The fraction of sp³-hybridized carbons (Fsp3) is 0.500. The third kappa shape index (κ3) is 2.10. The molecule has 0 radical (unpaired) electrons. The Bertz CT molecular complexity index is 422. The molecule has 2 N–H and O–H groups in total. The van der Waals surface area contributed by atoms with Crippen LogP contribution in [-0.4, -0.2) is 35.5 Å². The third-order valence-corrected chi connectivity index (χ3v) is 3.07. The molecule has 2 rings (SSSR count). The zero-order chi connectivity index (χ0) is 12.4. The van der Waals surface area contributed by atoms with E-state index in [0.717, 1.165) is 5.69 Å². The molecule has 2 unspecified atom stereocenters. The number of hydrogen-bond donors (Lipinski definition) is 1. The summed E-state index contributed by atoms with van der Waals surface area (Å²) in [6.07, 6.45) is 0.386. The van der Waals surface area contributed by atoms with Crippen molar-refractivity contribution in [3.05, 3.63) is 23.9 Å². The molecule has 0 aromatic carbocycles. The summed E-state index contributed by atoms with van der Waals surface area (Å²) in [5.74, 6) is 0.639. The van der Waals surface area contributed by atoms with Gasteiger partial charge in [-0.2, -0.15) is 0 Å². The Morgan fingerprint density at radius 1 is 1.59 bits per heavy atom. The fourth-order valence-electron chi connectivity index (χ4n) is 2.28. The van der Waals surface area contributed by atoms with Crippen molar-refractivity contribution in [2.75, 3.05) is 13.7 Å². The van der Waals surface area contributed by atoms with Crippen molar-refractivity contribution >= 4 is 5.91 Å². The lowest BCUT2D eigenvalue weighted by molar-refractivity contribution is -0.128. The van der Waals surface area contributed by atoms with Gasteiger partial charge in [0.15, 0.2) is 0 Å². The summed E-state index contributed by atoms with van der Waals surface area (Å²) < 4.78 is 5.09. The van der Waals surface area contributed by atoms with Crippen LogP contribution in [0.2, 0.25) is 0 Å². The Kier molecular flexibility index (Phi) is 3.28. The van der Waals surface area contributed by atoms with Crippen LogP contribution in [0.3, 0.4) is 0 Å². The number of pyridine rings is 1. The smallest absolute Gasteiger partial charge is 0.224 e. The quantitative estimate of drug-likeness (QED) is 0.837. The number of amides is 1. The topological polar surface area (TPSA) is 68.5 Å². The largest absolute Gasteiger partial charge is 0.481 e. The molecule has 1 amide bonds. The van der Waals surface area contributed by atoms with Crippen molar-refractivity contribution in [3.8, 4) is 5.88 Å². The number of carbonyl (C=O) groups excluding carboxylic acids is 1. The van der Waals surface area contributed by atoms with Crippen molar-refractivity contribution in [3.63, 3.8) is 0 Å². The van der Waals surface area contributed by atoms with Crippen LogP contribution in [0.25, 0.3) is 0 Å². The van der Waals surface area contributed by atoms with Gasteiger partial charge < -0.3 is 15.4 Å². The standard InChI is InChI=1S/C12H17N3O2/c1-3-15-11(16)7-8(13)12(15)9-5-4-6-10(14-9)17-2/h4-6,8,12H,3,7,13H2,1-2H3. The van der Waals surface area contributed by atoms with Crippen LogP contribution >= 0.6 is 0 Å². The zero-order valence-electron chi connectivity index (χ0n) is 10.1. The van der Waals surface area contributed by atoms with E-state index in [0.29, 0.717) is 18.8 Å². The first-order chi connectivity index (χ1) is 8.17. The van der Waals surface area contributed by atoms with Crippen LogP contribution in [0.1, 0.15) is 25.1 Å². The maximum Gasteiger partial charge on any atom is 0.224 e. The van der Waals surface area contributed by atoms with Gasteiger partial charge >= 0.3 is 0 Å². The average Bonchev–Trinajstić information content (AvgIpc) is 2.63. The van der Waals surface area contributed by atoms with Crippen molar-refractivity contribution in [2.24, 2.45) is 5.73 Å². The number of nitrogens with two attached hydrogens (primary N) is 1. The van der Waals surface area contributed by atoms with Crippen LogP contribution in [0.4, 0.5) is 0 Å². The van der Waals surface area contributed by atoms with E-state index in [1.165, 1.54) is 0 Å². The minimum Gasteiger partial charge on any atom is -0.481 e. The third-order valence-electron chi connectivity index (χ3n) is 3.07. The van der Waals surface area contributed by atoms with Gasteiger partial charge in [-0.15, -0.1) is 0 Å². The minimum atomic E-state index is -0.193. The number of aromatic nitrogens is 1. The second-order valence-corrected chi connectivity index (χ2v) is 4.10. The molecular formula is C12H17N3O2. The molecule has 1 saturated heterocycles. The van der Waals surface area contributed by atoms with Crippen LogP contribution in [0.5, 0.6) is 5.88 Å². The first-order valence-electron chi connectivity index (χ1n) is 5.73. The Hall–Kier alpha value is -1.62. The van der Waals surface area contributed by atoms with Gasteiger partial charge in [0.1, 0.15) is 0 Å². The summed E-state index contributed by atoms with van der Waals surface area (Å²) in [5, 5.41) is 0. The Morgan fingerprint density at radius 2 is 2.35 bits per heavy atom. The lowest BCUT2D eigenvalue weighted by atomic mass is 10.1. The van der Waals surface area contributed by atoms with E-state index < -0.39 is 0 Å². The lowest BCUT2D eigenvalue weighted by Gasteiger charge is -2.25. The number of ether oxygens (including phenoxy) is 1. The molecule has 92 valence electrons. The summed E-state index contributed by atoms with van der Waals surface area (Å²) in [4.78, 5) is 17.9. The second-order valence-electron chi connectivity index (χ2n) is 4.10. The van der Waals surface area contributed by atoms with E-state index in [4.69, 9.17) is 10.5 Å². The molecule has 1 fully saturated rings. The normalized spacial score (nSPS) is 24.2. The summed E-state index contributed by atoms with van der Waals surface area (Å²) in [7, 11) is 1.57. The molecule has 0 aliphatic carbocycles. The van der Waals surface area contributed by atoms with E-state index in [-0.39, 0.29) is 18.0 Å². The SMILES string of the molecule is CCN1C(=O)CC(N)C1c1cccc(OC)n1. The predicted octanol–water partition coefficient (Wildman–Crippen LogP) is 0.711. The summed E-state index contributed by atoms with van der Waals surface area (Å²) in [6.45, 7) is 2.60. The Balaban J connectivity index is 2.33. The van der Waals surface area contributed by atoms with Gasteiger partial charge in [0.25, 0.3) is 0 Å². The highest BCUT2D eigenvalue weighted by Gasteiger charge is 2.38. The van der Waals surface area contributed by atoms with E-state index >= 15 is 0 Å². The Labute approximate surface area is 101 Å². The molecule has 0 saturated carbocycles. The zero-order valence-corrected chi connectivity index (χ0v) is 10.1. The Morgan fingerprint density at radius 3 is 3.00 bits per heavy atom. The highest BCUT2D eigenvalue weighted by atomic mass is 16.5. The summed E-state index contributed by atoms with van der Waals surface area (Å²) in [5.41, 5.74) is 6.81. The maximum absolute atomic E-state index is 11.7. The number of likely N-dealkylation sites (N-methyl/N-ethyl adjacent to an activating group) is 1. The molecule has 1 aromatic rings. The molecule has 1 aromatic heterocycles. The van der Waals surface area contributed by atoms with Gasteiger partial charge in [0.05, 0.1) is 18.8 Å². The lowest BCUT2D eigenvalue weighted by Crippen LogP contribution is -2.33. The number of hydrogen-bond acceptors (Lipinski definition) is 4. The molecule has 17 heavy (non-hydrogen) atoms. The molecule has 5 heteroatoms. The number of rotatable bonds is 3. The van der Waals surface area contributed by atoms with Crippen molar-refractivity contribution in [1.29, 1.82) is 0 Å². The summed E-state index contributed by atoms with van der Waals surface area (Å²) in [6, 6.07) is 5.20. The number of likely N-dealkylation sites (tertiary alicyclic amines) is 1. The second kappa shape index (κ2) is 4.71. The van der Waals surface area contributed by atoms with Gasteiger partial charge in [-0.1, -0.05) is 6.07 Å². The van der Waals surface area contributed by atoms with Crippen LogP contribution in [0.15, 0.2) is 18.2 Å². The molecule has 1 aliphatic rings. The molecule has 0 bridgehead atoms. The highest BCUT2D eigenvalue weighted by Crippen LogP contribution is 2.31. The van der Waals surface area contributed by atoms with Crippen LogP contribution in [-0.2, 0) is 4.79 Å². The van der Waals surface area contributed by atoms with E-state index in [2.05, 4.69) is 4.98 Å². The van der Waals surface area contributed by atoms with Gasteiger partial charge in [-0.25, -0.2) is 4.98 Å². The molecule has 2 atom stereocenters. The molecule has 2 heterocycles. The van der Waals surface area contributed by atoms with Gasteiger partial charge in [0.2, 0.25) is 11.8 Å². The maximum atomic E-state index is 11.7. The van der Waals surface area contributed by atoms with Gasteiger partial charge in [-0.05, 0) is 13.0 Å². The number of nitrogens with zero attached hydrogens (tertiary/aromatic N) is 2. The summed E-state index contributed by atoms with van der Waals surface area (Å²) >= 11 is 0. The minimum absolute atomic E-state index is 0.0922.